The molecule has 1 unspecified atom stereocenters. The number of aromatic hydroxyl groups is 14. The minimum Gasteiger partial charge on any atom is -0.508 e. The number of rotatable bonds is 7. The molecule has 20 nitrogen and oxygen atoms in total. The van der Waals surface area contributed by atoms with E-state index in [1.54, 1.807) is 0 Å². The molecule has 64 heavy (non-hydrogen) atoms. The number of esters is 2. The Morgan fingerprint density at radius 2 is 0.906 bits per heavy atom. The van der Waals surface area contributed by atoms with Crippen LogP contribution in [0.5, 0.6) is 92.0 Å². The van der Waals surface area contributed by atoms with Gasteiger partial charge in [-0.25, -0.2) is 9.59 Å². The predicted molar refractivity (Wildman–Crippen MR) is 213 cm³/mol. The van der Waals surface area contributed by atoms with E-state index in [9.17, 15) is 81.1 Å². The zero-order chi connectivity index (χ0) is 46.0. The second kappa shape index (κ2) is 15.5. The zero-order valence-corrected chi connectivity index (χ0v) is 32.3. The van der Waals surface area contributed by atoms with Crippen molar-refractivity contribution < 1.29 is 100 Å². The number of phenols is 14. The molecule has 6 aromatic carbocycles. The predicted octanol–water partition coefficient (Wildman–Crippen LogP) is 4.96. The van der Waals surface area contributed by atoms with Crippen LogP contribution in [0.25, 0.3) is 0 Å². The Balaban J connectivity index is 1.35. The molecule has 0 spiro atoms. The van der Waals surface area contributed by atoms with Crippen LogP contribution in [0.3, 0.4) is 0 Å². The fraction of sp³-hybridized carbons (Fsp3) is 0.136. The number of carbonyl (C=O) groups excluding carboxylic acids is 2. The van der Waals surface area contributed by atoms with Crippen LogP contribution in [0.2, 0.25) is 0 Å². The van der Waals surface area contributed by atoms with Crippen molar-refractivity contribution in [2.45, 2.75) is 36.8 Å². The van der Waals surface area contributed by atoms with Gasteiger partial charge in [-0.3, -0.25) is 0 Å². The fourth-order valence-electron chi connectivity index (χ4n) is 7.87. The summed E-state index contributed by atoms with van der Waals surface area (Å²) in [7, 11) is 0. The van der Waals surface area contributed by atoms with E-state index in [0.29, 0.717) is 0 Å². The van der Waals surface area contributed by atoms with Gasteiger partial charge in [0, 0.05) is 64.6 Å². The molecule has 0 fully saturated rings. The van der Waals surface area contributed by atoms with Crippen LogP contribution >= 0.6 is 0 Å². The van der Waals surface area contributed by atoms with E-state index in [2.05, 4.69) is 0 Å². The molecule has 5 atom stereocenters. The number of ether oxygens (including phenoxy) is 4. The van der Waals surface area contributed by atoms with Gasteiger partial charge in [-0.2, -0.15) is 0 Å². The molecule has 2 aliphatic heterocycles. The highest BCUT2D eigenvalue weighted by molar-refractivity contribution is 5.92. The summed E-state index contributed by atoms with van der Waals surface area (Å²) in [6.07, 6.45) is -7.19. The van der Waals surface area contributed by atoms with E-state index in [-0.39, 0.29) is 28.0 Å². The highest BCUT2D eigenvalue weighted by Gasteiger charge is 2.49. The topological polar surface area (TPSA) is 354 Å². The Morgan fingerprint density at radius 3 is 1.42 bits per heavy atom. The second-order valence-corrected chi connectivity index (χ2v) is 14.9. The van der Waals surface area contributed by atoms with Gasteiger partial charge in [0.05, 0.1) is 17.0 Å². The van der Waals surface area contributed by atoms with Crippen molar-refractivity contribution in [3.63, 3.8) is 0 Å². The molecule has 0 aromatic heterocycles. The van der Waals surface area contributed by atoms with Crippen LogP contribution in [-0.2, 0) is 15.9 Å². The van der Waals surface area contributed by atoms with Gasteiger partial charge < -0.3 is 90.4 Å². The average Bonchev–Trinajstić information content (AvgIpc) is 3.21. The first-order chi connectivity index (χ1) is 30.3. The quantitative estimate of drug-likeness (QED) is 0.0744. The summed E-state index contributed by atoms with van der Waals surface area (Å²) >= 11 is 0. The lowest BCUT2D eigenvalue weighted by Crippen LogP contribution is -2.40. The van der Waals surface area contributed by atoms with Gasteiger partial charge >= 0.3 is 11.9 Å². The summed E-state index contributed by atoms with van der Waals surface area (Å²) in [5.74, 6) is -15.3. The molecule has 20 heteroatoms. The van der Waals surface area contributed by atoms with Crippen molar-refractivity contribution in [1.82, 2.24) is 0 Å². The second-order valence-electron chi connectivity index (χ2n) is 14.9. The summed E-state index contributed by atoms with van der Waals surface area (Å²) in [5.41, 5.74) is -2.10. The van der Waals surface area contributed by atoms with Crippen LogP contribution < -0.4 is 9.47 Å². The first kappa shape index (κ1) is 41.8. The average molecular weight is 883 g/mol. The molecule has 0 radical (unpaired) electrons. The van der Waals surface area contributed by atoms with Crippen molar-refractivity contribution in [3.05, 3.63) is 118 Å². The van der Waals surface area contributed by atoms with Gasteiger partial charge in [0.15, 0.2) is 52.8 Å². The Morgan fingerprint density at radius 1 is 0.453 bits per heavy atom. The van der Waals surface area contributed by atoms with E-state index in [1.807, 2.05) is 0 Å². The normalized spacial score (nSPS) is 18.7. The van der Waals surface area contributed by atoms with E-state index < -0.39 is 152 Å². The molecule has 0 aliphatic carbocycles. The molecule has 2 heterocycles. The maximum Gasteiger partial charge on any atom is 0.338 e. The van der Waals surface area contributed by atoms with Gasteiger partial charge in [-0.15, -0.1) is 0 Å². The lowest BCUT2D eigenvalue weighted by Gasteiger charge is -2.42. The zero-order valence-electron chi connectivity index (χ0n) is 32.3. The van der Waals surface area contributed by atoms with E-state index in [4.69, 9.17) is 18.9 Å². The molecule has 0 saturated heterocycles. The van der Waals surface area contributed by atoms with Crippen LogP contribution in [-0.4, -0.2) is 95.6 Å². The molecule has 8 rings (SSSR count). The summed E-state index contributed by atoms with van der Waals surface area (Å²) in [4.78, 5) is 27.6. The van der Waals surface area contributed by atoms with Crippen molar-refractivity contribution in [3.8, 4) is 92.0 Å². The molecule has 2 aliphatic rings. The monoisotopic (exact) mass is 882 g/mol. The van der Waals surface area contributed by atoms with Gasteiger partial charge in [-0.1, -0.05) is 0 Å². The Kier molecular flexibility index (Phi) is 10.1. The summed E-state index contributed by atoms with van der Waals surface area (Å²) in [5, 5.41) is 148. The minimum atomic E-state index is -1.88. The van der Waals surface area contributed by atoms with Crippen molar-refractivity contribution >= 4 is 11.9 Å². The third kappa shape index (κ3) is 7.44. The van der Waals surface area contributed by atoms with E-state index in [1.165, 1.54) is 0 Å². The summed E-state index contributed by atoms with van der Waals surface area (Å²) in [6.45, 7) is 0. The molecule has 0 saturated carbocycles. The number of hydrogen-bond donors (Lipinski definition) is 14. The third-order valence-electron chi connectivity index (χ3n) is 10.6. The van der Waals surface area contributed by atoms with Crippen LogP contribution in [0.1, 0.15) is 66.7 Å². The van der Waals surface area contributed by atoms with Crippen LogP contribution in [0.4, 0.5) is 0 Å². The van der Waals surface area contributed by atoms with Crippen molar-refractivity contribution in [2.75, 3.05) is 0 Å². The highest BCUT2D eigenvalue weighted by Crippen LogP contribution is 2.58. The number of fused-ring (bicyclic) bond motifs is 2. The number of phenolic OH excluding ortho intramolecular Hbond substituents is 14. The summed E-state index contributed by atoms with van der Waals surface area (Å²) < 4.78 is 24.5. The lowest BCUT2D eigenvalue weighted by molar-refractivity contribution is -0.0303. The maximum absolute atomic E-state index is 14.1. The number of benzene rings is 6. The van der Waals surface area contributed by atoms with Gasteiger partial charge in [0.2, 0.25) is 0 Å². The Hall–Kier alpha value is -8.94. The first-order valence-corrected chi connectivity index (χ1v) is 18.7. The largest absolute Gasteiger partial charge is 0.508 e. The van der Waals surface area contributed by atoms with E-state index >= 15 is 0 Å². The van der Waals surface area contributed by atoms with E-state index in [0.717, 1.165) is 78.9 Å². The van der Waals surface area contributed by atoms with Gasteiger partial charge in [0.1, 0.15) is 63.6 Å². The molecule has 0 amide bonds. The third-order valence-corrected chi connectivity index (χ3v) is 10.6. The fourth-order valence-corrected chi connectivity index (χ4v) is 7.87. The minimum absolute atomic E-state index is 0.0747. The molecule has 0 bridgehead atoms. The summed E-state index contributed by atoms with van der Waals surface area (Å²) in [6, 6.07) is 12.2. The lowest BCUT2D eigenvalue weighted by atomic mass is 9.77. The number of hydrogen-bond acceptors (Lipinski definition) is 20. The molecule has 330 valence electrons. The molecular formula is C44H34O20. The maximum atomic E-state index is 14.1. The Labute approximate surface area is 358 Å². The van der Waals surface area contributed by atoms with Gasteiger partial charge in [0.25, 0.3) is 0 Å². The van der Waals surface area contributed by atoms with Gasteiger partial charge in [-0.05, 0) is 48.5 Å². The molecule has 14 N–H and O–H groups in total. The van der Waals surface area contributed by atoms with Crippen LogP contribution in [0, 0.1) is 0 Å². The molecular weight excluding hydrogens is 848 g/mol. The molecule has 6 aromatic rings. The van der Waals surface area contributed by atoms with Crippen LogP contribution in [0.15, 0.2) is 78.9 Å². The standard InChI is InChI=1S/C44H34O20/c45-19-1-15(2-20(46)9-19)39-33(62-43(59)17-5-28(53)37(57)29(54)6-17)13-24-25(50)14-27(52)35(41(24)63-39)36-34-26(51)11-23(49)12-32(34)61-40(16-3-21(47)10-22(48)4-16)42(36)64-44(60)18-7-30(55)38(58)31(56)8-18/h1-12,14,33,36,39-40,42,45-58H,13H2/t33-,36?,39-,40-,42-/m1/s1. The van der Waals surface area contributed by atoms with Crippen molar-refractivity contribution in [1.29, 1.82) is 0 Å². The van der Waals surface area contributed by atoms with Crippen molar-refractivity contribution in [2.24, 2.45) is 0 Å². The highest BCUT2D eigenvalue weighted by atomic mass is 16.6. The smallest absolute Gasteiger partial charge is 0.338 e. The number of carbonyl (C=O) groups is 2. The SMILES string of the molecule is O=C(O[C@@H]1C(c2c(O)cc(O)c3c2O[C@H](c2cc(O)cc(O)c2)[C@H](OC(=O)c2cc(O)c(O)c(O)c2)C3)c2c(O)cc(O)cc2O[C@@H]1c1cc(O)cc(O)c1)c1cc(O)c(O)c(O)c1. The first-order valence-electron chi connectivity index (χ1n) is 18.7. The Bertz CT molecular complexity index is 2820.